The number of rotatable bonds is 8. The number of urea groups is 1. The fourth-order valence-corrected chi connectivity index (χ4v) is 2.25. The summed E-state index contributed by atoms with van der Waals surface area (Å²) < 4.78 is 0. The first kappa shape index (κ1) is 16.4. The number of hydrogen-bond acceptors (Lipinski definition) is 4. The van der Waals surface area contributed by atoms with Gasteiger partial charge in [0.25, 0.3) is 0 Å². The van der Waals surface area contributed by atoms with Gasteiger partial charge in [-0.3, -0.25) is 4.79 Å². The third kappa shape index (κ3) is 5.12. The highest BCUT2D eigenvalue weighted by molar-refractivity contribution is 7.98. The molecule has 0 aliphatic heterocycles. The molecule has 112 valence electrons. The molecule has 20 heavy (non-hydrogen) atoms. The second kappa shape index (κ2) is 8.47. The third-order valence-corrected chi connectivity index (χ3v) is 3.46. The number of nitrogens with two attached hydrogens (primary N) is 1. The van der Waals surface area contributed by atoms with E-state index in [4.69, 9.17) is 5.73 Å². The highest BCUT2D eigenvalue weighted by Gasteiger charge is 2.23. The average Bonchev–Trinajstić information content (AvgIpc) is 2.93. The summed E-state index contributed by atoms with van der Waals surface area (Å²) in [6.45, 7) is 1.95. The maximum atomic E-state index is 12.2. The van der Waals surface area contributed by atoms with Crippen LogP contribution in [0.2, 0.25) is 0 Å². The van der Waals surface area contributed by atoms with Crippen molar-refractivity contribution in [3.63, 3.8) is 0 Å². The molecule has 0 spiro atoms. The van der Waals surface area contributed by atoms with Crippen LogP contribution in [0.25, 0.3) is 0 Å². The summed E-state index contributed by atoms with van der Waals surface area (Å²) in [5.74, 6) is 1.21. The number of carbonyl (C=O) groups excluding carboxylic acids is 2. The normalized spacial score (nSPS) is 13.5. The van der Waals surface area contributed by atoms with Crippen LogP contribution in [-0.2, 0) is 4.79 Å². The molecule has 0 saturated carbocycles. The SMILES string of the molecule is CCC(NC(=O)C(CCSC)NC(N)=O)c1ncc[nH]1. The lowest BCUT2D eigenvalue weighted by molar-refractivity contribution is -0.123. The number of aromatic amines is 1. The van der Waals surface area contributed by atoms with Gasteiger partial charge in [0.2, 0.25) is 5.91 Å². The van der Waals surface area contributed by atoms with Gasteiger partial charge in [0.15, 0.2) is 0 Å². The molecule has 0 radical (unpaired) electrons. The number of nitrogens with one attached hydrogen (secondary N) is 3. The molecule has 2 unspecified atom stereocenters. The van der Waals surface area contributed by atoms with Crippen LogP contribution in [0.4, 0.5) is 4.79 Å². The van der Waals surface area contributed by atoms with E-state index in [1.807, 2.05) is 13.2 Å². The van der Waals surface area contributed by atoms with Crippen LogP contribution in [0, 0.1) is 0 Å². The largest absolute Gasteiger partial charge is 0.352 e. The van der Waals surface area contributed by atoms with Gasteiger partial charge in [0, 0.05) is 12.4 Å². The van der Waals surface area contributed by atoms with Gasteiger partial charge in [-0.15, -0.1) is 0 Å². The van der Waals surface area contributed by atoms with E-state index >= 15 is 0 Å². The molecule has 0 aromatic carbocycles. The quantitative estimate of drug-likeness (QED) is 0.567. The molecule has 0 saturated heterocycles. The number of thioether (sulfide) groups is 1. The Bertz CT molecular complexity index is 423. The molecule has 0 fully saturated rings. The van der Waals surface area contributed by atoms with Crippen molar-refractivity contribution >= 4 is 23.7 Å². The molecule has 3 amide bonds. The van der Waals surface area contributed by atoms with Crippen LogP contribution in [-0.4, -0.2) is 40.0 Å². The Hall–Kier alpha value is -1.70. The molecule has 1 aromatic rings. The number of primary amides is 1. The summed E-state index contributed by atoms with van der Waals surface area (Å²) in [6.07, 6.45) is 6.51. The van der Waals surface area contributed by atoms with E-state index in [9.17, 15) is 9.59 Å². The minimum atomic E-state index is -0.697. The fourth-order valence-electron chi connectivity index (χ4n) is 1.78. The van der Waals surface area contributed by atoms with E-state index in [0.29, 0.717) is 18.7 Å². The van der Waals surface area contributed by atoms with Gasteiger partial charge < -0.3 is 21.4 Å². The Labute approximate surface area is 122 Å². The van der Waals surface area contributed by atoms with E-state index in [0.717, 1.165) is 5.75 Å². The van der Waals surface area contributed by atoms with Gasteiger partial charge >= 0.3 is 6.03 Å². The maximum Gasteiger partial charge on any atom is 0.312 e. The van der Waals surface area contributed by atoms with Crippen molar-refractivity contribution in [3.8, 4) is 0 Å². The highest BCUT2D eigenvalue weighted by atomic mass is 32.2. The molecule has 1 heterocycles. The summed E-state index contributed by atoms with van der Waals surface area (Å²) >= 11 is 1.61. The van der Waals surface area contributed by atoms with Crippen molar-refractivity contribution in [1.29, 1.82) is 0 Å². The molecule has 7 nitrogen and oxygen atoms in total. The second-order valence-electron chi connectivity index (χ2n) is 4.29. The van der Waals surface area contributed by atoms with Crippen LogP contribution in [0.1, 0.15) is 31.6 Å². The van der Waals surface area contributed by atoms with Crippen LogP contribution in [0.5, 0.6) is 0 Å². The molecule has 0 aliphatic rings. The van der Waals surface area contributed by atoms with Crippen molar-refractivity contribution in [3.05, 3.63) is 18.2 Å². The monoisotopic (exact) mass is 299 g/mol. The summed E-state index contributed by atoms with van der Waals surface area (Å²) in [7, 11) is 0. The minimum Gasteiger partial charge on any atom is -0.352 e. The molecule has 1 rings (SSSR count). The average molecular weight is 299 g/mol. The lowest BCUT2D eigenvalue weighted by Crippen LogP contribution is -2.49. The summed E-state index contributed by atoms with van der Waals surface area (Å²) in [4.78, 5) is 30.3. The predicted molar refractivity (Wildman–Crippen MR) is 79.3 cm³/mol. The predicted octanol–water partition coefficient (Wildman–Crippen LogP) is 0.767. The van der Waals surface area contributed by atoms with Crippen LogP contribution >= 0.6 is 11.8 Å². The number of hydrogen-bond donors (Lipinski definition) is 4. The van der Waals surface area contributed by atoms with Gasteiger partial charge in [-0.05, 0) is 24.9 Å². The van der Waals surface area contributed by atoms with E-state index in [1.54, 1.807) is 24.2 Å². The molecule has 8 heteroatoms. The summed E-state index contributed by atoms with van der Waals surface area (Å²) in [5, 5.41) is 5.34. The number of imidazole rings is 1. The number of carbonyl (C=O) groups is 2. The number of aromatic nitrogens is 2. The van der Waals surface area contributed by atoms with Crippen molar-refractivity contribution < 1.29 is 9.59 Å². The maximum absolute atomic E-state index is 12.2. The van der Waals surface area contributed by atoms with Crippen molar-refractivity contribution in [2.75, 3.05) is 12.0 Å². The smallest absolute Gasteiger partial charge is 0.312 e. The Morgan fingerprint density at radius 1 is 1.50 bits per heavy atom. The Kier molecular flexibility index (Phi) is 6.92. The van der Waals surface area contributed by atoms with Crippen molar-refractivity contribution in [1.82, 2.24) is 20.6 Å². The van der Waals surface area contributed by atoms with Gasteiger partial charge in [-0.1, -0.05) is 6.92 Å². The summed E-state index contributed by atoms with van der Waals surface area (Å²) in [6, 6.07) is -1.52. The minimum absolute atomic E-state index is 0.205. The van der Waals surface area contributed by atoms with Gasteiger partial charge in [0.1, 0.15) is 11.9 Å². The first-order valence-corrected chi connectivity index (χ1v) is 7.82. The molecule has 0 aliphatic carbocycles. The molecule has 5 N–H and O–H groups in total. The van der Waals surface area contributed by atoms with Gasteiger partial charge in [-0.25, -0.2) is 9.78 Å². The second-order valence-corrected chi connectivity index (χ2v) is 5.27. The molecule has 0 bridgehead atoms. The van der Waals surface area contributed by atoms with E-state index in [2.05, 4.69) is 20.6 Å². The molecule has 2 atom stereocenters. The molecule has 1 aromatic heterocycles. The van der Waals surface area contributed by atoms with E-state index < -0.39 is 12.1 Å². The summed E-state index contributed by atoms with van der Waals surface area (Å²) in [5.41, 5.74) is 5.11. The lowest BCUT2D eigenvalue weighted by atomic mass is 10.1. The van der Waals surface area contributed by atoms with Gasteiger partial charge in [0.05, 0.1) is 6.04 Å². The Morgan fingerprint density at radius 2 is 2.25 bits per heavy atom. The van der Waals surface area contributed by atoms with E-state index in [1.165, 1.54) is 0 Å². The van der Waals surface area contributed by atoms with E-state index in [-0.39, 0.29) is 11.9 Å². The highest BCUT2D eigenvalue weighted by Crippen LogP contribution is 2.12. The lowest BCUT2D eigenvalue weighted by Gasteiger charge is -2.21. The Balaban J connectivity index is 2.65. The first-order chi connectivity index (χ1) is 9.58. The topological polar surface area (TPSA) is 113 Å². The number of nitrogens with zero attached hydrogens (tertiary/aromatic N) is 1. The van der Waals surface area contributed by atoms with Crippen molar-refractivity contribution in [2.45, 2.75) is 31.8 Å². The zero-order valence-electron chi connectivity index (χ0n) is 11.7. The van der Waals surface area contributed by atoms with Crippen LogP contribution in [0.15, 0.2) is 12.4 Å². The Morgan fingerprint density at radius 3 is 2.75 bits per heavy atom. The first-order valence-electron chi connectivity index (χ1n) is 6.43. The number of amides is 3. The molecular formula is C12H21N5O2S. The fraction of sp³-hybridized carbons (Fsp3) is 0.583. The zero-order chi connectivity index (χ0) is 15.0. The van der Waals surface area contributed by atoms with Crippen LogP contribution in [0.3, 0.4) is 0 Å². The van der Waals surface area contributed by atoms with Crippen molar-refractivity contribution in [2.24, 2.45) is 5.73 Å². The number of H-pyrrole nitrogens is 1. The standard InChI is InChI=1S/C12H21N5O2S/c1-3-8(10-14-5-6-15-10)16-11(18)9(4-7-20-2)17-12(13)19/h5-6,8-9H,3-4,7H2,1-2H3,(H,14,15)(H,16,18)(H3,13,17,19). The van der Waals surface area contributed by atoms with Gasteiger partial charge in [-0.2, -0.15) is 11.8 Å². The zero-order valence-corrected chi connectivity index (χ0v) is 12.5. The van der Waals surface area contributed by atoms with Crippen LogP contribution < -0.4 is 16.4 Å². The third-order valence-electron chi connectivity index (χ3n) is 2.82. The molecular weight excluding hydrogens is 278 g/mol.